The summed E-state index contributed by atoms with van der Waals surface area (Å²) >= 11 is 0. The number of methoxy groups -OCH3 is 1. The van der Waals surface area contributed by atoms with Crippen LogP contribution in [0.2, 0.25) is 0 Å². The minimum absolute atomic E-state index is 0.0290. The molecule has 0 spiro atoms. The van der Waals surface area contributed by atoms with Crippen LogP contribution in [0.1, 0.15) is 66.7 Å². The van der Waals surface area contributed by atoms with Gasteiger partial charge < -0.3 is 44.9 Å². The van der Waals surface area contributed by atoms with Crippen LogP contribution in [0.15, 0.2) is 49.2 Å². The highest BCUT2D eigenvalue weighted by molar-refractivity contribution is 5.96. The van der Waals surface area contributed by atoms with E-state index >= 15 is 0 Å². The molecule has 1 unspecified atom stereocenters. The number of hydrogen-bond donors (Lipinski definition) is 4. The summed E-state index contributed by atoms with van der Waals surface area (Å²) in [5.41, 5.74) is -1.75. The highest BCUT2D eigenvalue weighted by atomic mass is 16.6. The van der Waals surface area contributed by atoms with Crippen molar-refractivity contribution >= 4 is 40.6 Å². The summed E-state index contributed by atoms with van der Waals surface area (Å²) in [5.74, 6) is 0.536. The topological polar surface area (TPSA) is 195 Å². The molecule has 3 saturated carbocycles. The van der Waals surface area contributed by atoms with Crippen LogP contribution in [0.25, 0.3) is 16.7 Å². The minimum atomic E-state index is -1.52. The zero-order chi connectivity index (χ0) is 41.5. The third-order valence-electron chi connectivity index (χ3n) is 11.6. The number of anilines is 1. The third-order valence-corrected chi connectivity index (χ3v) is 11.6. The normalized spacial score (nSPS) is 26.4. The lowest BCUT2D eigenvalue weighted by atomic mass is 9.85. The number of rotatable bonds is 16. The van der Waals surface area contributed by atoms with Crippen LogP contribution in [0.3, 0.4) is 0 Å². The maximum atomic E-state index is 14.7. The lowest BCUT2D eigenvalue weighted by Crippen LogP contribution is -2.59. The van der Waals surface area contributed by atoms with Gasteiger partial charge in [-0.1, -0.05) is 26.8 Å². The lowest BCUT2D eigenvalue weighted by molar-refractivity contribution is -0.146. The molecule has 3 heterocycles. The van der Waals surface area contributed by atoms with Gasteiger partial charge in [-0.2, -0.15) is 0 Å². The number of amides is 3. The van der Waals surface area contributed by atoms with E-state index in [9.17, 15) is 24.3 Å². The molecule has 0 radical (unpaired) electrons. The first-order valence-corrected chi connectivity index (χ1v) is 20.1. The van der Waals surface area contributed by atoms with E-state index in [1.807, 2.05) is 46.8 Å². The number of nitrogens with one attached hydrogen (secondary N) is 3. The number of alkyl carbamates (subject to hydrolysis) is 1. The molecule has 4 N–H and O–H groups in total. The summed E-state index contributed by atoms with van der Waals surface area (Å²) in [4.78, 5) is 60.8. The number of nitrogens with zero attached hydrogens (tertiary/aromatic N) is 4. The predicted octanol–water partition coefficient (Wildman–Crippen LogP) is 4.70. The van der Waals surface area contributed by atoms with Crippen molar-refractivity contribution in [2.45, 2.75) is 103 Å². The monoisotopic (exact) mass is 801 g/mol. The van der Waals surface area contributed by atoms with E-state index in [-0.39, 0.29) is 31.5 Å². The van der Waals surface area contributed by atoms with Gasteiger partial charge in [-0.3, -0.25) is 9.59 Å². The van der Waals surface area contributed by atoms with Crippen molar-refractivity contribution in [3.8, 4) is 17.3 Å². The average Bonchev–Trinajstić information content (AvgIpc) is 3.83. The molecule has 1 aliphatic heterocycles. The van der Waals surface area contributed by atoms with E-state index < -0.39 is 58.9 Å². The number of aromatic nitrogens is 3. The fraction of sp³-hybridized carbons (Fsp3) is 0.571. The molecule has 16 nitrogen and oxygen atoms in total. The molecule has 16 heteroatoms. The van der Waals surface area contributed by atoms with Crippen molar-refractivity contribution in [1.82, 2.24) is 30.3 Å². The number of aliphatic carboxylic acids is 1. The maximum Gasteiger partial charge on any atom is 0.408 e. The van der Waals surface area contributed by atoms with Gasteiger partial charge in [0.1, 0.15) is 53.8 Å². The summed E-state index contributed by atoms with van der Waals surface area (Å²) in [5, 5.41) is 24.3. The van der Waals surface area contributed by atoms with E-state index in [1.54, 1.807) is 36.2 Å². The van der Waals surface area contributed by atoms with Crippen molar-refractivity contribution in [1.29, 1.82) is 0 Å². The Bertz CT molecular complexity index is 2050. The van der Waals surface area contributed by atoms with Crippen LogP contribution >= 0.6 is 0 Å². The average molecular weight is 802 g/mol. The number of carbonyl (C=O) groups excluding carboxylic acids is 3. The molecule has 3 aromatic rings. The molecule has 7 rings (SSSR count). The Kier molecular flexibility index (Phi) is 11.3. The van der Waals surface area contributed by atoms with Gasteiger partial charge in [0.15, 0.2) is 5.82 Å². The second-order valence-electron chi connectivity index (χ2n) is 17.4. The molecule has 58 heavy (non-hydrogen) atoms. The van der Waals surface area contributed by atoms with Crippen LogP contribution in [-0.4, -0.2) is 111 Å². The predicted molar refractivity (Wildman–Crippen MR) is 214 cm³/mol. The van der Waals surface area contributed by atoms with Crippen LogP contribution in [0.5, 0.6) is 11.5 Å². The number of ether oxygens (including phenoxy) is 4. The standard InChI is InChI=1S/C42H55N7O9/c1-8-26-21-42(26,39(52)53)46-37(50)32-19-29(22-48(32)38(51)36(41(4,5)6)45-40(54)58-28-16-24-15-25(24)17-28)57-33-20-35(49-12-11-34(47-49)43-23(2)3)44-31-18-27(9-10-30(31)33)56-14-13-55-7/h8-12,18,20,23-26,28-29,32,36H,1,13-17,19,21-22H2,2-7H3,(H,43,47)(H,45,54)(H,46,50)(H,52,53)/t24-,25+,26-,28+,29-,32+,36?,42-/m1/s1. The number of carbonyl (C=O) groups is 4. The lowest BCUT2D eigenvalue weighted by Gasteiger charge is -2.35. The van der Waals surface area contributed by atoms with Crippen molar-refractivity contribution in [3.05, 3.63) is 49.2 Å². The smallest absolute Gasteiger partial charge is 0.408 e. The zero-order valence-electron chi connectivity index (χ0n) is 34.0. The quantitative estimate of drug-likeness (QED) is 0.115. The molecule has 312 valence electrons. The first kappa shape index (κ1) is 40.8. The minimum Gasteiger partial charge on any atom is -0.491 e. The molecule has 3 amide bonds. The Morgan fingerprint density at radius 3 is 2.47 bits per heavy atom. The summed E-state index contributed by atoms with van der Waals surface area (Å²) in [6, 6.07) is 6.98. The first-order chi connectivity index (χ1) is 27.6. The van der Waals surface area contributed by atoms with Crippen molar-refractivity contribution in [3.63, 3.8) is 0 Å². The Morgan fingerprint density at radius 1 is 1.05 bits per heavy atom. The molecule has 3 aliphatic carbocycles. The summed E-state index contributed by atoms with van der Waals surface area (Å²) < 4.78 is 25.1. The van der Waals surface area contributed by atoms with Gasteiger partial charge in [-0.25, -0.2) is 19.3 Å². The number of likely N-dealkylation sites (tertiary alicyclic amines) is 1. The second-order valence-corrected chi connectivity index (χ2v) is 17.4. The third kappa shape index (κ3) is 8.71. The van der Waals surface area contributed by atoms with Crippen molar-refractivity contribution < 1.29 is 43.2 Å². The van der Waals surface area contributed by atoms with Crippen LogP contribution in [0, 0.1) is 23.2 Å². The first-order valence-electron chi connectivity index (χ1n) is 20.1. The Balaban J connectivity index is 1.19. The molecule has 0 bridgehead atoms. The maximum absolute atomic E-state index is 14.7. The number of carboxylic acids is 1. The van der Waals surface area contributed by atoms with Gasteiger partial charge in [0.2, 0.25) is 11.8 Å². The second kappa shape index (κ2) is 16.1. The van der Waals surface area contributed by atoms with E-state index in [0.29, 0.717) is 59.1 Å². The Hall–Kier alpha value is -5.38. The number of hydrogen-bond acceptors (Lipinski definition) is 11. The van der Waals surface area contributed by atoms with E-state index in [1.165, 1.54) is 17.4 Å². The van der Waals surface area contributed by atoms with Crippen LogP contribution in [-0.2, 0) is 23.9 Å². The number of fused-ring (bicyclic) bond motifs is 2. The number of carboxylic acid groups (broad SMARTS) is 1. The van der Waals surface area contributed by atoms with E-state index in [4.69, 9.17) is 23.9 Å². The van der Waals surface area contributed by atoms with Gasteiger partial charge in [0, 0.05) is 55.3 Å². The number of pyridine rings is 1. The highest BCUT2D eigenvalue weighted by Gasteiger charge is 2.61. The van der Waals surface area contributed by atoms with Crippen molar-refractivity contribution in [2.75, 3.05) is 32.2 Å². The molecule has 8 atom stereocenters. The van der Waals surface area contributed by atoms with Crippen LogP contribution in [0.4, 0.5) is 10.6 Å². The van der Waals surface area contributed by atoms with Gasteiger partial charge in [0.25, 0.3) is 0 Å². The molecule has 1 saturated heterocycles. The highest BCUT2D eigenvalue weighted by Crippen LogP contribution is 2.52. The molecule has 2 aromatic heterocycles. The van der Waals surface area contributed by atoms with E-state index in [0.717, 1.165) is 12.8 Å². The molecule has 4 fully saturated rings. The largest absolute Gasteiger partial charge is 0.491 e. The van der Waals surface area contributed by atoms with E-state index in [2.05, 4.69) is 27.6 Å². The van der Waals surface area contributed by atoms with Gasteiger partial charge in [-0.05, 0) is 68.9 Å². The fourth-order valence-electron chi connectivity index (χ4n) is 8.28. The summed E-state index contributed by atoms with van der Waals surface area (Å²) in [6.07, 6.45) is 4.73. The Labute approximate surface area is 338 Å². The molecular formula is C42H55N7O9. The summed E-state index contributed by atoms with van der Waals surface area (Å²) in [7, 11) is 1.60. The van der Waals surface area contributed by atoms with Gasteiger partial charge in [0.05, 0.1) is 18.7 Å². The summed E-state index contributed by atoms with van der Waals surface area (Å²) in [6.45, 7) is 14.0. The number of benzene rings is 1. The molecule has 4 aliphatic rings. The SMILES string of the molecule is C=C[C@@H]1C[C@]1(NC(=O)[C@@H]1C[C@@H](Oc2cc(-n3ccc(NC(C)C)n3)nc3cc(OCCOC)ccc23)CN1C(=O)C(NC(=O)O[C@@H]1C[C@@H]2C[C@@H]2C1)C(C)(C)C)C(=O)O. The van der Waals surface area contributed by atoms with Gasteiger partial charge in [-0.15, -0.1) is 11.7 Å². The van der Waals surface area contributed by atoms with Crippen LogP contribution < -0.4 is 25.4 Å². The molecule has 1 aromatic carbocycles. The van der Waals surface area contributed by atoms with Crippen molar-refractivity contribution in [2.24, 2.45) is 23.2 Å². The molecular weight excluding hydrogens is 747 g/mol. The van der Waals surface area contributed by atoms with Gasteiger partial charge >= 0.3 is 12.1 Å². The zero-order valence-corrected chi connectivity index (χ0v) is 34.0. The fourth-order valence-corrected chi connectivity index (χ4v) is 8.28. The Morgan fingerprint density at radius 2 is 1.81 bits per heavy atom.